The number of nitrogens with one attached hydrogen (secondary N) is 1. The zero-order valence-corrected chi connectivity index (χ0v) is 26.7. The van der Waals surface area contributed by atoms with Crippen LogP contribution in [0.4, 0.5) is 17.5 Å². The molecular weight excluding hydrogens is 574 g/mol. The molecule has 0 bridgehead atoms. The van der Waals surface area contributed by atoms with Gasteiger partial charge < -0.3 is 24.6 Å². The topological polar surface area (TPSA) is 112 Å². The van der Waals surface area contributed by atoms with Gasteiger partial charge in [-0.25, -0.2) is 15.0 Å². The summed E-state index contributed by atoms with van der Waals surface area (Å²) in [5.41, 5.74) is 2.46. The second kappa shape index (κ2) is 15.2. The number of rotatable bonds is 13. The zero-order chi connectivity index (χ0) is 30.9. The third-order valence-corrected chi connectivity index (χ3v) is 8.73. The molecule has 44 heavy (non-hydrogen) atoms. The molecule has 0 spiro atoms. The second-order valence-electron chi connectivity index (χ2n) is 11.9. The molecule has 0 atom stereocenters. The minimum Gasteiger partial charge on any atom is -0.367 e. The number of anilines is 3. The van der Waals surface area contributed by atoms with Crippen molar-refractivity contribution < 1.29 is 9.59 Å². The van der Waals surface area contributed by atoms with E-state index in [1.54, 1.807) is 25.2 Å². The van der Waals surface area contributed by atoms with Crippen molar-refractivity contribution in [2.45, 2.75) is 70.3 Å². The first kappa shape index (κ1) is 31.5. The van der Waals surface area contributed by atoms with Crippen LogP contribution in [-0.4, -0.2) is 93.1 Å². The molecule has 1 saturated heterocycles. The van der Waals surface area contributed by atoms with E-state index in [-0.39, 0.29) is 17.9 Å². The summed E-state index contributed by atoms with van der Waals surface area (Å²) in [6.07, 6.45) is 13.9. The fourth-order valence-corrected chi connectivity index (χ4v) is 6.26. The summed E-state index contributed by atoms with van der Waals surface area (Å²) in [6.45, 7) is 3.77. The van der Waals surface area contributed by atoms with Gasteiger partial charge in [0.2, 0.25) is 11.9 Å². The maximum absolute atomic E-state index is 13.0. The van der Waals surface area contributed by atoms with Crippen molar-refractivity contribution >= 4 is 57.7 Å². The lowest BCUT2D eigenvalue weighted by Crippen LogP contribution is -2.48. The number of piperazine rings is 1. The zero-order valence-electron chi connectivity index (χ0n) is 25.9. The Morgan fingerprint density at radius 2 is 1.77 bits per heavy atom. The monoisotopic (exact) mass is 617 g/mol. The third-order valence-electron chi connectivity index (χ3n) is 8.60. The van der Waals surface area contributed by atoms with Crippen molar-refractivity contribution in [1.29, 1.82) is 0 Å². The Balaban J connectivity index is 1.14. The number of thiocarbonyl (C=S) groups is 1. The fourth-order valence-electron chi connectivity index (χ4n) is 6.17. The number of aliphatic imine (C=N–C) groups is 1. The molecule has 1 saturated carbocycles. The molecule has 2 aliphatic rings. The van der Waals surface area contributed by atoms with Crippen LogP contribution in [0.1, 0.15) is 80.7 Å². The van der Waals surface area contributed by atoms with Gasteiger partial charge in [-0.15, -0.1) is 0 Å². The summed E-state index contributed by atoms with van der Waals surface area (Å²) in [5, 5.41) is 6.50. The standard InChI is InChI=1S/C32H43N9O2S/c1-38(2)31(43)27-20-24-21-35-32(37-30(24)41(27)25-10-7-8-11-25)36-28-14-13-26(22-34-28)39-16-18-40(19-17-39)29(42)12-6-4-3-5-9-15-33-23-44/h13-14,20-22,25H,3-12,15-19H2,1-2H3,(H,34,35,36,37). The van der Waals surface area contributed by atoms with Crippen molar-refractivity contribution in [3.8, 4) is 0 Å². The first-order chi connectivity index (χ1) is 21.4. The number of isothiocyanates is 1. The van der Waals surface area contributed by atoms with E-state index in [0.29, 0.717) is 23.9 Å². The van der Waals surface area contributed by atoms with Crippen LogP contribution in [0.5, 0.6) is 0 Å². The van der Waals surface area contributed by atoms with Gasteiger partial charge in [0.05, 0.1) is 17.0 Å². The van der Waals surface area contributed by atoms with Crippen LogP contribution in [0, 0.1) is 0 Å². The Kier molecular flexibility index (Phi) is 10.9. The Labute approximate surface area is 264 Å². The number of aromatic nitrogens is 4. The van der Waals surface area contributed by atoms with E-state index in [1.165, 1.54) is 0 Å². The van der Waals surface area contributed by atoms with Crippen LogP contribution in [0.3, 0.4) is 0 Å². The van der Waals surface area contributed by atoms with Gasteiger partial charge >= 0.3 is 0 Å². The summed E-state index contributed by atoms with van der Waals surface area (Å²) < 4.78 is 2.11. The largest absolute Gasteiger partial charge is 0.367 e. The van der Waals surface area contributed by atoms with E-state index < -0.39 is 0 Å². The number of amides is 2. The lowest BCUT2D eigenvalue weighted by atomic mass is 10.1. The van der Waals surface area contributed by atoms with Crippen molar-refractivity contribution in [3.63, 3.8) is 0 Å². The molecule has 3 aromatic heterocycles. The maximum Gasteiger partial charge on any atom is 0.270 e. The Bertz CT molecular complexity index is 1470. The van der Waals surface area contributed by atoms with Gasteiger partial charge in [-0.1, -0.05) is 32.1 Å². The minimum absolute atomic E-state index is 0.0249. The normalized spacial score (nSPS) is 15.4. The van der Waals surface area contributed by atoms with Crippen LogP contribution in [0.15, 0.2) is 35.6 Å². The van der Waals surface area contributed by atoms with E-state index in [4.69, 9.17) is 4.98 Å². The lowest BCUT2D eigenvalue weighted by Gasteiger charge is -2.36. The number of hydrogen-bond donors (Lipinski definition) is 1. The van der Waals surface area contributed by atoms with Gasteiger partial charge in [0.25, 0.3) is 5.91 Å². The highest BCUT2D eigenvalue weighted by atomic mass is 32.1. The lowest BCUT2D eigenvalue weighted by molar-refractivity contribution is -0.131. The predicted octanol–water partition coefficient (Wildman–Crippen LogP) is 5.48. The predicted molar refractivity (Wildman–Crippen MR) is 177 cm³/mol. The Morgan fingerprint density at radius 1 is 1.02 bits per heavy atom. The minimum atomic E-state index is -0.0249. The molecule has 1 aliphatic heterocycles. The molecular formula is C32H43N9O2S. The number of carbonyl (C=O) groups is 2. The van der Waals surface area contributed by atoms with Gasteiger partial charge in [0.15, 0.2) is 0 Å². The van der Waals surface area contributed by atoms with E-state index in [1.807, 2.05) is 29.3 Å². The molecule has 4 heterocycles. The van der Waals surface area contributed by atoms with E-state index in [0.717, 1.165) is 107 Å². The average molecular weight is 618 g/mol. The molecule has 3 aromatic rings. The average Bonchev–Trinajstić information content (AvgIpc) is 3.70. The first-order valence-corrected chi connectivity index (χ1v) is 16.2. The maximum atomic E-state index is 13.0. The van der Waals surface area contributed by atoms with Gasteiger partial charge in [-0.2, -0.15) is 4.98 Å². The Morgan fingerprint density at radius 3 is 2.48 bits per heavy atom. The molecule has 2 amide bonds. The highest BCUT2D eigenvalue weighted by Gasteiger charge is 2.27. The summed E-state index contributed by atoms with van der Waals surface area (Å²) in [5.74, 6) is 1.33. The molecule has 0 unspecified atom stereocenters. The van der Waals surface area contributed by atoms with Gasteiger partial charge in [0.1, 0.15) is 17.2 Å². The SMILES string of the molecule is CN(C)C(=O)c1cc2cnc(Nc3ccc(N4CCN(C(=O)CCCCCCCN=C=S)CC4)cn3)nc2n1C1CCCC1. The molecule has 1 aliphatic carbocycles. The number of pyridine rings is 1. The summed E-state index contributed by atoms with van der Waals surface area (Å²) in [6, 6.07) is 6.14. The molecule has 12 heteroatoms. The number of unbranched alkanes of at least 4 members (excludes halogenated alkanes) is 4. The smallest absolute Gasteiger partial charge is 0.270 e. The van der Waals surface area contributed by atoms with Crippen LogP contribution in [-0.2, 0) is 4.79 Å². The van der Waals surface area contributed by atoms with Crippen LogP contribution >= 0.6 is 12.2 Å². The van der Waals surface area contributed by atoms with Crippen molar-refractivity contribution in [3.05, 3.63) is 36.3 Å². The van der Waals surface area contributed by atoms with Crippen LogP contribution in [0.25, 0.3) is 11.0 Å². The van der Waals surface area contributed by atoms with Crippen LogP contribution in [0.2, 0.25) is 0 Å². The third kappa shape index (κ3) is 7.78. The number of nitrogens with zero attached hydrogens (tertiary/aromatic N) is 8. The number of hydrogen-bond acceptors (Lipinski definition) is 9. The van der Waals surface area contributed by atoms with Crippen molar-refractivity contribution in [2.75, 3.05) is 57.0 Å². The Hall–Kier alpha value is -3.89. The molecule has 0 radical (unpaired) electrons. The number of carbonyl (C=O) groups excluding carboxylic acids is 2. The highest BCUT2D eigenvalue weighted by molar-refractivity contribution is 7.78. The molecule has 5 rings (SSSR count). The first-order valence-electron chi connectivity index (χ1n) is 15.8. The van der Waals surface area contributed by atoms with Gasteiger partial charge in [-0.05, 0) is 56.1 Å². The highest BCUT2D eigenvalue weighted by Crippen LogP contribution is 2.35. The van der Waals surface area contributed by atoms with Crippen molar-refractivity contribution in [2.24, 2.45) is 4.99 Å². The fraction of sp³-hybridized carbons (Fsp3) is 0.562. The molecule has 0 aromatic carbocycles. The van der Waals surface area contributed by atoms with Crippen molar-refractivity contribution in [1.82, 2.24) is 29.3 Å². The summed E-state index contributed by atoms with van der Waals surface area (Å²) in [4.78, 5) is 49.5. The molecule has 2 fully saturated rings. The number of fused-ring (bicyclic) bond motifs is 1. The molecule has 234 valence electrons. The molecule has 11 nitrogen and oxygen atoms in total. The van der Waals surface area contributed by atoms with E-state index in [9.17, 15) is 9.59 Å². The summed E-state index contributed by atoms with van der Waals surface area (Å²) >= 11 is 4.58. The van der Waals surface area contributed by atoms with E-state index >= 15 is 0 Å². The van der Waals surface area contributed by atoms with Gasteiger partial charge in [-0.3, -0.25) is 9.59 Å². The van der Waals surface area contributed by atoms with Crippen LogP contribution < -0.4 is 10.2 Å². The summed E-state index contributed by atoms with van der Waals surface area (Å²) in [7, 11) is 3.55. The van der Waals surface area contributed by atoms with E-state index in [2.05, 4.69) is 47.1 Å². The second-order valence-corrected chi connectivity index (χ2v) is 12.1. The quantitative estimate of drug-likeness (QED) is 0.153. The molecule has 1 N–H and O–H groups in total. The van der Waals surface area contributed by atoms with Gasteiger partial charge in [0, 0.05) is 70.9 Å².